The van der Waals surface area contributed by atoms with Crippen LogP contribution >= 0.6 is 15.9 Å². The second-order valence-electron chi connectivity index (χ2n) is 5.43. The first kappa shape index (κ1) is 14.5. The van der Waals surface area contributed by atoms with E-state index in [2.05, 4.69) is 40.0 Å². The molecule has 0 radical (unpaired) electrons. The Morgan fingerprint density at radius 3 is 2.84 bits per heavy atom. The lowest BCUT2D eigenvalue weighted by Crippen LogP contribution is -2.33. The molecule has 0 saturated carbocycles. The Morgan fingerprint density at radius 2 is 2.21 bits per heavy atom. The van der Waals surface area contributed by atoms with Crippen molar-refractivity contribution in [1.82, 2.24) is 10.2 Å². The van der Waals surface area contributed by atoms with E-state index in [1.165, 1.54) is 6.42 Å². The standard InChI is InChI=1S/C15H21BrN2O/c1-11(2)18-8-7-12(10-18)9-17-15(19)13-5-3-4-6-14(13)16/h3-6,11-12H,7-10H2,1-2H3,(H,17,19). The van der Waals surface area contributed by atoms with Crippen molar-refractivity contribution in [3.8, 4) is 0 Å². The third-order valence-corrected chi connectivity index (χ3v) is 4.41. The first-order chi connectivity index (χ1) is 9.08. The van der Waals surface area contributed by atoms with Crippen LogP contribution in [0.4, 0.5) is 0 Å². The molecule has 3 nitrogen and oxygen atoms in total. The van der Waals surface area contributed by atoms with Gasteiger partial charge in [-0.15, -0.1) is 0 Å². The minimum absolute atomic E-state index is 0.00970. The molecule has 0 spiro atoms. The van der Waals surface area contributed by atoms with E-state index in [0.29, 0.717) is 17.5 Å². The number of benzene rings is 1. The Balaban J connectivity index is 1.84. The first-order valence-electron chi connectivity index (χ1n) is 6.84. The number of carbonyl (C=O) groups excluding carboxylic acids is 1. The summed E-state index contributed by atoms with van der Waals surface area (Å²) in [5.74, 6) is 0.587. The van der Waals surface area contributed by atoms with E-state index in [9.17, 15) is 4.79 Å². The monoisotopic (exact) mass is 324 g/mol. The third kappa shape index (κ3) is 3.80. The van der Waals surface area contributed by atoms with Crippen LogP contribution in [0.1, 0.15) is 30.6 Å². The number of likely N-dealkylation sites (tertiary alicyclic amines) is 1. The van der Waals surface area contributed by atoms with E-state index in [1.807, 2.05) is 24.3 Å². The van der Waals surface area contributed by atoms with Crippen molar-refractivity contribution in [2.24, 2.45) is 5.92 Å². The minimum atomic E-state index is 0.00970. The topological polar surface area (TPSA) is 32.3 Å². The molecule has 1 saturated heterocycles. The third-order valence-electron chi connectivity index (χ3n) is 3.72. The highest BCUT2D eigenvalue weighted by Gasteiger charge is 2.24. The zero-order chi connectivity index (χ0) is 13.8. The summed E-state index contributed by atoms with van der Waals surface area (Å²) >= 11 is 3.41. The summed E-state index contributed by atoms with van der Waals surface area (Å²) in [5, 5.41) is 3.05. The number of hydrogen-bond donors (Lipinski definition) is 1. The highest BCUT2D eigenvalue weighted by molar-refractivity contribution is 9.10. The van der Waals surface area contributed by atoms with Gasteiger partial charge in [0.2, 0.25) is 0 Å². The number of hydrogen-bond acceptors (Lipinski definition) is 2. The second kappa shape index (κ2) is 6.53. The van der Waals surface area contributed by atoms with Crippen LogP contribution in [-0.4, -0.2) is 36.5 Å². The number of nitrogens with one attached hydrogen (secondary N) is 1. The van der Waals surface area contributed by atoms with E-state index in [0.717, 1.165) is 24.1 Å². The van der Waals surface area contributed by atoms with Crippen LogP contribution in [0.5, 0.6) is 0 Å². The van der Waals surface area contributed by atoms with Crippen LogP contribution in [0.2, 0.25) is 0 Å². The van der Waals surface area contributed by atoms with Gasteiger partial charge < -0.3 is 10.2 Å². The molecular formula is C15H21BrN2O. The molecule has 0 aromatic heterocycles. The SMILES string of the molecule is CC(C)N1CCC(CNC(=O)c2ccccc2Br)C1. The highest BCUT2D eigenvalue weighted by Crippen LogP contribution is 2.19. The van der Waals surface area contributed by atoms with Gasteiger partial charge in [0.05, 0.1) is 5.56 Å². The van der Waals surface area contributed by atoms with Crippen LogP contribution in [0.3, 0.4) is 0 Å². The summed E-state index contributed by atoms with van der Waals surface area (Å²) in [7, 11) is 0. The fourth-order valence-electron chi connectivity index (χ4n) is 2.48. The van der Waals surface area contributed by atoms with Crippen molar-refractivity contribution < 1.29 is 4.79 Å². The average Bonchev–Trinajstić information content (AvgIpc) is 2.85. The zero-order valence-corrected chi connectivity index (χ0v) is 13.1. The van der Waals surface area contributed by atoms with Gasteiger partial charge in [-0.1, -0.05) is 12.1 Å². The highest BCUT2D eigenvalue weighted by atomic mass is 79.9. The lowest BCUT2D eigenvalue weighted by atomic mass is 10.1. The smallest absolute Gasteiger partial charge is 0.252 e. The van der Waals surface area contributed by atoms with E-state index >= 15 is 0 Å². The van der Waals surface area contributed by atoms with Crippen molar-refractivity contribution in [2.75, 3.05) is 19.6 Å². The van der Waals surface area contributed by atoms with Crippen molar-refractivity contribution in [1.29, 1.82) is 0 Å². The Kier molecular flexibility index (Phi) is 4.99. The maximum Gasteiger partial charge on any atom is 0.252 e. The van der Waals surface area contributed by atoms with Gasteiger partial charge in [-0.3, -0.25) is 4.79 Å². The second-order valence-corrected chi connectivity index (χ2v) is 6.29. The van der Waals surface area contributed by atoms with Crippen LogP contribution < -0.4 is 5.32 Å². The van der Waals surface area contributed by atoms with Gasteiger partial charge in [0.1, 0.15) is 0 Å². The lowest BCUT2D eigenvalue weighted by Gasteiger charge is -2.20. The number of carbonyl (C=O) groups is 1. The molecule has 1 heterocycles. The number of amides is 1. The largest absolute Gasteiger partial charge is 0.352 e. The van der Waals surface area contributed by atoms with Crippen LogP contribution in [0, 0.1) is 5.92 Å². The summed E-state index contributed by atoms with van der Waals surface area (Å²) in [6.45, 7) is 7.45. The predicted octanol–water partition coefficient (Wildman–Crippen LogP) is 2.91. The maximum absolute atomic E-state index is 12.1. The van der Waals surface area contributed by atoms with Gasteiger partial charge >= 0.3 is 0 Å². The molecule has 2 rings (SSSR count). The summed E-state index contributed by atoms with van der Waals surface area (Å²) in [6.07, 6.45) is 1.18. The number of halogens is 1. The summed E-state index contributed by atoms with van der Waals surface area (Å²) in [5.41, 5.74) is 0.709. The van der Waals surface area contributed by atoms with Gasteiger partial charge in [-0.25, -0.2) is 0 Å². The van der Waals surface area contributed by atoms with Crippen molar-refractivity contribution in [2.45, 2.75) is 26.3 Å². The van der Waals surface area contributed by atoms with Gasteiger partial charge in [-0.2, -0.15) is 0 Å². The van der Waals surface area contributed by atoms with Crippen LogP contribution in [-0.2, 0) is 0 Å². The first-order valence-corrected chi connectivity index (χ1v) is 7.64. The molecule has 0 aliphatic carbocycles. The molecule has 1 aromatic rings. The molecule has 1 fully saturated rings. The fraction of sp³-hybridized carbons (Fsp3) is 0.533. The number of nitrogens with zero attached hydrogens (tertiary/aromatic N) is 1. The Morgan fingerprint density at radius 1 is 1.47 bits per heavy atom. The summed E-state index contributed by atoms with van der Waals surface area (Å²) in [6, 6.07) is 8.14. The Hall–Kier alpha value is -0.870. The van der Waals surface area contributed by atoms with Crippen LogP contribution in [0.25, 0.3) is 0 Å². The average molecular weight is 325 g/mol. The predicted molar refractivity (Wildman–Crippen MR) is 81.3 cm³/mol. The molecule has 1 atom stereocenters. The molecule has 1 amide bonds. The molecule has 0 bridgehead atoms. The quantitative estimate of drug-likeness (QED) is 0.923. The molecule has 1 unspecified atom stereocenters. The zero-order valence-electron chi connectivity index (χ0n) is 11.5. The molecule has 104 valence electrons. The van der Waals surface area contributed by atoms with Crippen LogP contribution in [0.15, 0.2) is 28.7 Å². The normalized spacial score (nSPS) is 19.9. The van der Waals surface area contributed by atoms with E-state index < -0.39 is 0 Å². The fourth-order valence-corrected chi connectivity index (χ4v) is 2.94. The molecule has 4 heteroatoms. The molecule has 1 aliphatic heterocycles. The van der Waals surface area contributed by atoms with Crippen molar-refractivity contribution in [3.05, 3.63) is 34.3 Å². The van der Waals surface area contributed by atoms with Crippen molar-refractivity contribution >= 4 is 21.8 Å². The van der Waals surface area contributed by atoms with Gasteiger partial charge in [0.15, 0.2) is 0 Å². The lowest BCUT2D eigenvalue weighted by molar-refractivity contribution is 0.0946. The van der Waals surface area contributed by atoms with Gasteiger partial charge in [0, 0.05) is 23.6 Å². The van der Waals surface area contributed by atoms with E-state index in [4.69, 9.17) is 0 Å². The molecule has 1 aliphatic rings. The van der Waals surface area contributed by atoms with E-state index in [-0.39, 0.29) is 5.91 Å². The molecule has 1 aromatic carbocycles. The molecule has 1 N–H and O–H groups in total. The minimum Gasteiger partial charge on any atom is -0.352 e. The van der Waals surface area contributed by atoms with Gasteiger partial charge in [0.25, 0.3) is 5.91 Å². The molecule has 19 heavy (non-hydrogen) atoms. The van der Waals surface area contributed by atoms with E-state index in [1.54, 1.807) is 0 Å². The Labute approximate surface area is 123 Å². The van der Waals surface area contributed by atoms with Gasteiger partial charge in [-0.05, 0) is 60.8 Å². The molecular weight excluding hydrogens is 304 g/mol. The maximum atomic E-state index is 12.1. The Bertz CT molecular complexity index is 448. The van der Waals surface area contributed by atoms with Crippen molar-refractivity contribution in [3.63, 3.8) is 0 Å². The number of rotatable bonds is 4. The summed E-state index contributed by atoms with van der Waals surface area (Å²) < 4.78 is 0.850. The summed E-state index contributed by atoms with van der Waals surface area (Å²) in [4.78, 5) is 14.6.